The van der Waals surface area contributed by atoms with E-state index >= 15 is 0 Å². The Morgan fingerprint density at radius 1 is 1.19 bits per heavy atom. The van der Waals surface area contributed by atoms with Crippen molar-refractivity contribution >= 4 is 27.5 Å². The standard InChI is InChI=1S/C19H23NO4S2/c1-2-25-18-8-4-3-7-17(18)19(21)20-11-9-16(10-12-20)26(22,23)14-15-6-5-13-24-15/h3-8,13,16H,2,9-12,14H2,1H3. The van der Waals surface area contributed by atoms with Crippen LogP contribution in [0.15, 0.2) is 52.0 Å². The molecule has 0 saturated carbocycles. The molecule has 7 heteroatoms. The van der Waals surface area contributed by atoms with Gasteiger partial charge in [0.25, 0.3) is 5.91 Å². The fourth-order valence-electron chi connectivity index (χ4n) is 3.22. The lowest BCUT2D eigenvalue weighted by atomic mass is 10.1. The Morgan fingerprint density at radius 2 is 1.92 bits per heavy atom. The molecule has 1 aliphatic rings. The maximum Gasteiger partial charge on any atom is 0.254 e. The van der Waals surface area contributed by atoms with Crippen LogP contribution < -0.4 is 0 Å². The van der Waals surface area contributed by atoms with Crippen molar-refractivity contribution in [2.24, 2.45) is 0 Å². The number of benzene rings is 1. The van der Waals surface area contributed by atoms with Gasteiger partial charge in [0, 0.05) is 18.0 Å². The van der Waals surface area contributed by atoms with Crippen LogP contribution >= 0.6 is 11.8 Å². The van der Waals surface area contributed by atoms with Crippen LogP contribution in [-0.2, 0) is 15.6 Å². The number of thioether (sulfide) groups is 1. The molecule has 3 rings (SSSR count). The SMILES string of the molecule is CCSc1ccccc1C(=O)N1CCC(S(=O)(=O)Cc2ccco2)CC1. The summed E-state index contributed by atoms with van der Waals surface area (Å²) >= 11 is 1.65. The first-order valence-corrected chi connectivity index (χ1v) is 11.5. The molecule has 1 aliphatic heterocycles. The number of likely N-dealkylation sites (tertiary alicyclic amines) is 1. The predicted octanol–water partition coefficient (Wildman–Crippen LogP) is 3.61. The molecule has 0 aliphatic carbocycles. The lowest BCUT2D eigenvalue weighted by molar-refractivity contribution is 0.0722. The van der Waals surface area contributed by atoms with Crippen molar-refractivity contribution in [2.75, 3.05) is 18.8 Å². The lowest BCUT2D eigenvalue weighted by Crippen LogP contribution is -2.42. The van der Waals surface area contributed by atoms with Crippen LogP contribution in [0.25, 0.3) is 0 Å². The molecule has 1 amide bonds. The molecule has 1 aromatic carbocycles. The summed E-state index contributed by atoms with van der Waals surface area (Å²) < 4.78 is 30.3. The Morgan fingerprint density at radius 3 is 2.58 bits per heavy atom. The Kier molecular flexibility index (Phi) is 6.09. The molecule has 2 heterocycles. The van der Waals surface area contributed by atoms with E-state index in [1.165, 1.54) is 6.26 Å². The molecule has 1 saturated heterocycles. The molecule has 140 valence electrons. The lowest BCUT2D eigenvalue weighted by Gasteiger charge is -2.32. The van der Waals surface area contributed by atoms with Crippen LogP contribution in [0, 0.1) is 0 Å². The minimum absolute atomic E-state index is 0.0107. The number of carbonyl (C=O) groups excluding carboxylic acids is 1. The molecule has 1 fully saturated rings. The minimum Gasteiger partial charge on any atom is -0.468 e. The number of carbonyl (C=O) groups is 1. The van der Waals surface area contributed by atoms with Crippen molar-refractivity contribution in [2.45, 2.75) is 35.7 Å². The third-order valence-electron chi connectivity index (χ3n) is 4.58. The average Bonchev–Trinajstić information content (AvgIpc) is 3.14. The topological polar surface area (TPSA) is 67.6 Å². The van der Waals surface area contributed by atoms with Gasteiger partial charge in [0.05, 0.1) is 17.1 Å². The predicted molar refractivity (Wildman–Crippen MR) is 103 cm³/mol. The number of nitrogens with zero attached hydrogens (tertiary/aromatic N) is 1. The highest BCUT2D eigenvalue weighted by molar-refractivity contribution is 7.99. The molecule has 0 N–H and O–H groups in total. The second-order valence-electron chi connectivity index (χ2n) is 6.31. The number of amides is 1. The van der Waals surface area contributed by atoms with E-state index in [4.69, 9.17) is 4.42 Å². The van der Waals surface area contributed by atoms with E-state index in [2.05, 4.69) is 6.92 Å². The zero-order valence-electron chi connectivity index (χ0n) is 14.8. The van der Waals surface area contributed by atoms with Crippen molar-refractivity contribution in [3.8, 4) is 0 Å². The van der Waals surface area contributed by atoms with Gasteiger partial charge in [0.15, 0.2) is 9.84 Å². The number of piperidine rings is 1. The van der Waals surface area contributed by atoms with E-state index < -0.39 is 15.1 Å². The summed E-state index contributed by atoms with van der Waals surface area (Å²) in [7, 11) is -3.27. The molecule has 0 atom stereocenters. The third-order valence-corrected chi connectivity index (χ3v) is 7.71. The summed E-state index contributed by atoms with van der Waals surface area (Å²) in [6.07, 6.45) is 2.42. The van der Waals surface area contributed by atoms with Gasteiger partial charge in [0.2, 0.25) is 0 Å². The largest absolute Gasteiger partial charge is 0.468 e. The Balaban J connectivity index is 1.64. The third kappa shape index (κ3) is 4.32. The molecule has 26 heavy (non-hydrogen) atoms. The molecular weight excluding hydrogens is 370 g/mol. The molecule has 0 unspecified atom stereocenters. The highest BCUT2D eigenvalue weighted by Crippen LogP contribution is 2.26. The summed E-state index contributed by atoms with van der Waals surface area (Å²) in [5.74, 6) is 1.28. The highest BCUT2D eigenvalue weighted by Gasteiger charge is 2.32. The quantitative estimate of drug-likeness (QED) is 0.702. The zero-order valence-corrected chi connectivity index (χ0v) is 16.4. The molecule has 1 aromatic heterocycles. The highest BCUT2D eigenvalue weighted by atomic mass is 32.2. The summed E-state index contributed by atoms with van der Waals surface area (Å²) in [6.45, 7) is 2.99. The molecule has 0 spiro atoms. The molecule has 2 aromatic rings. The van der Waals surface area contributed by atoms with Crippen molar-refractivity contribution in [1.82, 2.24) is 4.90 Å². The van der Waals surface area contributed by atoms with Crippen LogP contribution in [0.5, 0.6) is 0 Å². The van der Waals surface area contributed by atoms with E-state index in [-0.39, 0.29) is 11.7 Å². The van der Waals surface area contributed by atoms with Gasteiger partial charge in [-0.15, -0.1) is 11.8 Å². The van der Waals surface area contributed by atoms with Crippen molar-refractivity contribution < 1.29 is 17.6 Å². The maximum atomic E-state index is 12.9. The van der Waals surface area contributed by atoms with Gasteiger partial charge in [-0.25, -0.2) is 8.42 Å². The maximum absolute atomic E-state index is 12.9. The fraction of sp³-hybridized carbons (Fsp3) is 0.421. The molecule has 5 nitrogen and oxygen atoms in total. The van der Waals surface area contributed by atoms with Crippen LogP contribution in [0.4, 0.5) is 0 Å². The minimum atomic E-state index is -3.27. The summed E-state index contributed by atoms with van der Waals surface area (Å²) in [5, 5.41) is -0.420. The van der Waals surface area contributed by atoms with Gasteiger partial charge in [-0.05, 0) is 42.9 Å². The van der Waals surface area contributed by atoms with E-state index in [9.17, 15) is 13.2 Å². The number of furan rings is 1. The smallest absolute Gasteiger partial charge is 0.254 e. The molecule has 0 bridgehead atoms. The van der Waals surface area contributed by atoms with Gasteiger partial charge in [-0.2, -0.15) is 0 Å². The Bertz CT molecular complexity index is 838. The Hall–Kier alpha value is -1.73. The van der Waals surface area contributed by atoms with Crippen LogP contribution in [0.3, 0.4) is 0 Å². The van der Waals surface area contributed by atoms with Crippen LogP contribution in [-0.4, -0.2) is 43.3 Å². The first kappa shape index (κ1) is 19.0. The van der Waals surface area contributed by atoms with Gasteiger partial charge in [0.1, 0.15) is 11.5 Å². The van der Waals surface area contributed by atoms with Gasteiger partial charge in [-0.1, -0.05) is 19.1 Å². The number of rotatable bonds is 6. The average molecular weight is 394 g/mol. The molecular formula is C19H23NO4S2. The normalized spacial score (nSPS) is 16.0. The Labute approximate surface area is 158 Å². The van der Waals surface area contributed by atoms with E-state index in [1.807, 2.05) is 24.3 Å². The second-order valence-corrected chi connectivity index (χ2v) is 9.89. The van der Waals surface area contributed by atoms with E-state index in [0.29, 0.717) is 37.3 Å². The summed E-state index contributed by atoms with van der Waals surface area (Å²) in [5.41, 5.74) is 0.705. The number of hydrogen-bond donors (Lipinski definition) is 0. The number of hydrogen-bond acceptors (Lipinski definition) is 5. The van der Waals surface area contributed by atoms with E-state index in [1.54, 1.807) is 28.8 Å². The fourth-order valence-corrected chi connectivity index (χ4v) is 5.75. The van der Waals surface area contributed by atoms with Gasteiger partial charge in [-0.3, -0.25) is 4.79 Å². The summed E-state index contributed by atoms with van der Waals surface area (Å²) in [4.78, 5) is 15.6. The van der Waals surface area contributed by atoms with Crippen molar-refractivity contribution in [3.63, 3.8) is 0 Å². The van der Waals surface area contributed by atoms with Crippen molar-refractivity contribution in [3.05, 3.63) is 54.0 Å². The van der Waals surface area contributed by atoms with Crippen LogP contribution in [0.1, 0.15) is 35.9 Å². The second kappa shape index (κ2) is 8.31. The first-order chi connectivity index (χ1) is 12.5. The zero-order chi connectivity index (χ0) is 18.6. The monoisotopic (exact) mass is 393 g/mol. The van der Waals surface area contributed by atoms with Crippen LogP contribution in [0.2, 0.25) is 0 Å². The van der Waals surface area contributed by atoms with Gasteiger partial charge < -0.3 is 9.32 Å². The van der Waals surface area contributed by atoms with Crippen molar-refractivity contribution in [1.29, 1.82) is 0 Å². The first-order valence-electron chi connectivity index (χ1n) is 8.76. The number of sulfone groups is 1. The molecule has 0 radical (unpaired) electrons. The van der Waals surface area contributed by atoms with Gasteiger partial charge >= 0.3 is 0 Å². The van der Waals surface area contributed by atoms with E-state index in [0.717, 1.165) is 10.6 Å². The summed E-state index contributed by atoms with van der Waals surface area (Å²) in [6, 6.07) is 11.0.